The van der Waals surface area contributed by atoms with Crippen molar-refractivity contribution in [3.05, 3.63) is 91.9 Å². The summed E-state index contributed by atoms with van der Waals surface area (Å²) in [4.78, 5) is 49.5. The van der Waals surface area contributed by atoms with Gasteiger partial charge in [0.2, 0.25) is 0 Å². The average Bonchev–Trinajstić information content (AvgIpc) is 2.08. The van der Waals surface area contributed by atoms with Crippen LogP contribution in [0.3, 0.4) is 0 Å². The molecule has 0 aromatic carbocycles. The van der Waals surface area contributed by atoms with Crippen molar-refractivity contribution >= 4 is 0 Å². The van der Waals surface area contributed by atoms with Gasteiger partial charge in [0.15, 0.2) is 0 Å². The van der Waals surface area contributed by atoms with Gasteiger partial charge in [0.05, 0.1) is 30.5 Å². The van der Waals surface area contributed by atoms with Gasteiger partial charge in [-0.25, -0.2) is 0 Å². The maximum Gasteiger partial charge on any atom is 3.00 e. The molecule has 0 aliphatic rings. The van der Waals surface area contributed by atoms with Crippen LogP contribution in [0.25, 0.3) is 0 Å². The van der Waals surface area contributed by atoms with E-state index >= 15 is 0 Å². The molecule has 149 valence electrons. The summed E-state index contributed by atoms with van der Waals surface area (Å²) in [6.07, 6.45) is 0. The third-order valence-corrected chi connectivity index (χ3v) is 0. The van der Waals surface area contributed by atoms with Crippen LogP contribution in [0.15, 0.2) is 0 Å². The van der Waals surface area contributed by atoms with Crippen LogP contribution in [0, 0.1) is 128 Å². The van der Waals surface area contributed by atoms with E-state index < -0.39 is 30.5 Å². The molecular formula is LaN6O18Ru. The Morgan fingerprint density at radius 2 is 0.308 bits per heavy atom. The van der Waals surface area contributed by atoms with Gasteiger partial charge in [0, 0.05) is 0 Å². The van der Waals surface area contributed by atoms with Crippen LogP contribution in [0.4, 0.5) is 0 Å². The third kappa shape index (κ3) is 947. The normalized spacial score (nSPS) is 5.54. The van der Waals surface area contributed by atoms with Crippen LogP contribution >= 0.6 is 0 Å². The fourth-order valence-electron chi connectivity index (χ4n) is 0. The first kappa shape index (κ1) is 49.5. The van der Waals surface area contributed by atoms with E-state index in [1.165, 1.54) is 0 Å². The molecule has 0 atom stereocenters. The molecule has 0 aromatic heterocycles. The summed E-state index contributed by atoms with van der Waals surface area (Å²) in [7, 11) is 0. The van der Waals surface area contributed by atoms with Crippen molar-refractivity contribution in [3.63, 3.8) is 0 Å². The topological polar surface area (TPSA) is 397 Å². The molecular weight excluding hydrogens is 612 g/mol. The van der Waals surface area contributed by atoms with E-state index in [-0.39, 0.29) is 55.1 Å². The first-order chi connectivity index (χ1) is 10.4. The van der Waals surface area contributed by atoms with Gasteiger partial charge in [-0.1, -0.05) is 0 Å². The van der Waals surface area contributed by atoms with Crippen molar-refractivity contribution in [1.29, 1.82) is 0 Å². The molecule has 1 radical (unpaired) electrons. The molecule has 0 aliphatic carbocycles. The van der Waals surface area contributed by atoms with Gasteiger partial charge in [-0.3, -0.25) is 0 Å². The van der Waals surface area contributed by atoms with E-state index in [1.54, 1.807) is 0 Å². The zero-order valence-corrected chi connectivity index (χ0v) is 16.3. The summed E-state index contributed by atoms with van der Waals surface area (Å²) < 4.78 is 0. The Kier molecular flexibility index (Phi) is 82.1. The van der Waals surface area contributed by atoms with Crippen molar-refractivity contribution in [1.82, 2.24) is 0 Å². The molecule has 0 rings (SSSR count). The van der Waals surface area contributed by atoms with E-state index in [1.807, 2.05) is 0 Å². The molecule has 0 aliphatic heterocycles. The van der Waals surface area contributed by atoms with Crippen molar-refractivity contribution < 1.29 is 85.6 Å². The van der Waals surface area contributed by atoms with Crippen molar-refractivity contribution in [3.8, 4) is 0 Å². The summed E-state index contributed by atoms with van der Waals surface area (Å²) in [6, 6.07) is 0. The minimum absolute atomic E-state index is 0. The number of hydrogen-bond donors (Lipinski definition) is 0. The smallest absolute Gasteiger partial charge is 0.356 e. The monoisotopic (exact) mass is 613 g/mol. The minimum Gasteiger partial charge on any atom is -0.356 e. The Balaban J connectivity index is -0.0000000245. The molecule has 26 heteroatoms. The molecule has 0 amide bonds. The molecule has 24 nitrogen and oxygen atoms in total. The van der Waals surface area contributed by atoms with Crippen molar-refractivity contribution in [2.75, 3.05) is 0 Å². The van der Waals surface area contributed by atoms with Crippen LogP contribution in [0.2, 0.25) is 0 Å². The molecule has 0 unspecified atom stereocenters. The zero-order valence-electron chi connectivity index (χ0n) is 11.0. The molecule has 26 heavy (non-hydrogen) atoms. The molecule has 0 aromatic rings. The molecule has 0 saturated heterocycles. The van der Waals surface area contributed by atoms with Gasteiger partial charge < -0.3 is 91.9 Å². The molecule has 0 N–H and O–H groups in total. The van der Waals surface area contributed by atoms with Gasteiger partial charge in [-0.2, -0.15) is 0 Å². The van der Waals surface area contributed by atoms with Gasteiger partial charge in [-0.15, -0.1) is 0 Å². The Hall–Kier alpha value is -2.98. The SMILES string of the molecule is O=[N+]([O-])[O-].O=[N+]([O-])[O-].O=[N+]([O-])[O-].O=[N+]([O-])[O-].O=[N+]([O-])[O-].O=[N+]([O-])[O-].[La+3].[Ru+3]. The van der Waals surface area contributed by atoms with Gasteiger partial charge >= 0.3 is 55.1 Å². The van der Waals surface area contributed by atoms with Gasteiger partial charge in [0.1, 0.15) is 0 Å². The van der Waals surface area contributed by atoms with E-state index in [0.29, 0.717) is 0 Å². The minimum atomic E-state index is -1.75. The Morgan fingerprint density at radius 3 is 0.308 bits per heavy atom. The van der Waals surface area contributed by atoms with Crippen LogP contribution in [0.5, 0.6) is 0 Å². The van der Waals surface area contributed by atoms with Crippen LogP contribution in [-0.4, -0.2) is 30.5 Å². The number of rotatable bonds is 0. The van der Waals surface area contributed by atoms with Gasteiger partial charge in [0.25, 0.3) is 0 Å². The second-order valence-electron chi connectivity index (χ2n) is 1.34. The molecule has 0 saturated carbocycles. The van der Waals surface area contributed by atoms with Crippen LogP contribution in [-0.2, 0) is 19.5 Å². The zero-order chi connectivity index (χ0) is 21.5. The standard InChI is InChI=1S/La.6NO3.Ru/c;6*2-1(3)4;/q+3;6*-1;+3. The van der Waals surface area contributed by atoms with Crippen LogP contribution in [0.1, 0.15) is 0 Å². The summed E-state index contributed by atoms with van der Waals surface area (Å²) in [5, 5.41) is 88.5. The Bertz CT molecular complexity index is 263. The maximum absolute atomic E-state index is 8.25. The maximum atomic E-state index is 8.25. The summed E-state index contributed by atoms with van der Waals surface area (Å²) in [5.74, 6) is 0. The molecule has 0 fully saturated rings. The first-order valence-electron chi connectivity index (χ1n) is 3.29. The second kappa shape index (κ2) is 43.1. The summed E-state index contributed by atoms with van der Waals surface area (Å²) in [6.45, 7) is 0. The largest absolute Gasteiger partial charge is 3.00 e. The van der Waals surface area contributed by atoms with Crippen LogP contribution < -0.4 is 0 Å². The van der Waals surface area contributed by atoms with E-state index in [4.69, 9.17) is 91.9 Å². The quantitative estimate of drug-likeness (QED) is 0.172. The third-order valence-electron chi connectivity index (χ3n) is 0. The molecule has 0 heterocycles. The summed E-state index contributed by atoms with van der Waals surface area (Å²) >= 11 is 0. The predicted molar refractivity (Wildman–Crippen MR) is 62.2 cm³/mol. The average molecular weight is 612 g/mol. The second-order valence-corrected chi connectivity index (χ2v) is 1.34. The van der Waals surface area contributed by atoms with E-state index in [9.17, 15) is 0 Å². The fraction of sp³-hybridized carbons (Fsp3) is 0. The van der Waals surface area contributed by atoms with E-state index in [2.05, 4.69) is 0 Å². The number of nitrogens with zero attached hydrogens (tertiary/aromatic N) is 6. The Morgan fingerprint density at radius 1 is 0.308 bits per heavy atom. The fourth-order valence-corrected chi connectivity index (χ4v) is 0. The van der Waals surface area contributed by atoms with Crippen molar-refractivity contribution in [2.45, 2.75) is 0 Å². The van der Waals surface area contributed by atoms with Gasteiger partial charge in [-0.05, 0) is 0 Å². The molecule has 0 spiro atoms. The first-order valence-corrected chi connectivity index (χ1v) is 3.29. The summed E-state index contributed by atoms with van der Waals surface area (Å²) in [5.41, 5.74) is 0. The predicted octanol–water partition coefficient (Wildman–Crippen LogP) is -1.44. The van der Waals surface area contributed by atoms with E-state index in [0.717, 1.165) is 0 Å². The number of hydrogen-bond acceptors (Lipinski definition) is 18. The molecule has 0 bridgehead atoms. The van der Waals surface area contributed by atoms with Crippen molar-refractivity contribution in [2.24, 2.45) is 0 Å². The Labute approximate surface area is 177 Å².